The molecule has 1 saturated heterocycles. The highest BCUT2D eigenvalue weighted by atomic mass is 32.2. The Morgan fingerprint density at radius 1 is 0.973 bits per heavy atom. The van der Waals surface area contributed by atoms with E-state index >= 15 is 0 Å². The van der Waals surface area contributed by atoms with Crippen LogP contribution in [-0.4, -0.2) is 49.4 Å². The molecule has 7 nitrogen and oxygen atoms in total. The predicted molar refractivity (Wildman–Crippen MR) is 141 cm³/mol. The van der Waals surface area contributed by atoms with E-state index in [9.17, 15) is 18.5 Å². The van der Waals surface area contributed by atoms with Gasteiger partial charge in [0.1, 0.15) is 6.04 Å². The Hall–Kier alpha value is -2.73. The maximum absolute atomic E-state index is 13.6. The fraction of sp³-hybridized carbons (Fsp3) is 0.517. The highest BCUT2D eigenvalue weighted by Gasteiger charge is 2.58. The minimum absolute atomic E-state index is 0.0204. The van der Waals surface area contributed by atoms with Gasteiger partial charge in [-0.25, -0.2) is 13.1 Å². The molecule has 1 amide bonds. The molecule has 8 heteroatoms. The fourth-order valence-electron chi connectivity index (χ4n) is 7.95. The molecule has 4 aliphatic carbocycles. The topological polar surface area (TPSA) is 102 Å². The van der Waals surface area contributed by atoms with Crippen LogP contribution in [0.2, 0.25) is 0 Å². The van der Waals surface area contributed by atoms with Crippen molar-refractivity contribution >= 4 is 15.9 Å². The van der Waals surface area contributed by atoms with Gasteiger partial charge in [0.15, 0.2) is 0 Å². The summed E-state index contributed by atoms with van der Waals surface area (Å²) in [5, 5.41) is 13.0. The maximum Gasteiger partial charge on any atom is 0.241 e. The van der Waals surface area contributed by atoms with Gasteiger partial charge >= 0.3 is 0 Å². The van der Waals surface area contributed by atoms with Crippen LogP contribution in [0.4, 0.5) is 0 Å². The van der Waals surface area contributed by atoms with E-state index in [2.05, 4.69) is 16.1 Å². The first-order chi connectivity index (χ1) is 17.8. The Balaban J connectivity index is 1.18. The van der Waals surface area contributed by atoms with Gasteiger partial charge in [0.05, 0.1) is 17.5 Å². The number of carbonyl (C=O) groups is 1. The second kappa shape index (κ2) is 9.23. The highest BCUT2D eigenvalue weighted by Crippen LogP contribution is 2.57. The van der Waals surface area contributed by atoms with E-state index < -0.39 is 15.6 Å². The van der Waals surface area contributed by atoms with Crippen LogP contribution in [0.3, 0.4) is 0 Å². The molecule has 4 saturated carbocycles. The number of hydrogen-bond acceptors (Lipinski definition) is 5. The lowest BCUT2D eigenvalue weighted by molar-refractivity contribution is -0.131. The van der Waals surface area contributed by atoms with Crippen molar-refractivity contribution in [3.63, 3.8) is 0 Å². The molecule has 7 rings (SSSR count). The Morgan fingerprint density at radius 3 is 2.30 bits per heavy atom. The number of nitrogens with one attached hydrogen (secondary N) is 2. The first kappa shape index (κ1) is 24.6. The minimum atomic E-state index is -3.69. The number of sulfonamides is 1. The van der Waals surface area contributed by atoms with Crippen molar-refractivity contribution in [2.24, 2.45) is 11.8 Å². The van der Waals surface area contributed by atoms with Crippen molar-refractivity contribution < 1.29 is 13.2 Å². The van der Waals surface area contributed by atoms with Crippen LogP contribution in [-0.2, 0) is 14.8 Å². The number of nitriles is 1. The van der Waals surface area contributed by atoms with Gasteiger partial charge in [-0.2, -0.15) is 5.26 Å². The normalized spacial score (nSPS) is 32.4. The van der Waals surface area contributed by atoms with Gasteiger partial charge in [-0.3, -0.25) is 4.79 Å². The molecule has 0 aromatic heterocycles. The molecule has 37 heavy (non-hydrogen) atoms. The number of rotatable bonds is 7. The van der Waals surface area contributed by atoms with E-state index in [1.807, 2.05) is 42.5 Å². The average molecular weight is 519 g/mol. The number of benzene rings is 2. The van der Waals surface area contributed by atoms with Crippen molar-refractivity contribution in [3.05, 3.63) is 54.6 Å². The summed E-state index contributed by atoms with van der Waals surface area (Å²) < 4.78 is 30.3. The molecule has 2 aromatic carbocycles. The molecule has 5 aliphatic rings. The van der Waals surface area contributed by atoms with Gasteiger partial charge in [0, 0.05) is 17.6 Å². The molecule has 4 bridgehead atoms. The zero-order valence-electron chi connectivity index (χ0n) is 21.0. The van der Waals surface area contributed by atoms with Gasteiger partial charge in [-0.1, -0.05) is 42.5 Å². The molecule has 2 unspecified atom stereocenters. The lowest BCUT2D eigenvalue weighted by atomic mass is 9.50. The summed E-state index contributed by atoms with van der Waals surface area (Å²) >= 11 is 0. The van der Waals surface area contributed by atoms with Gasteiger partial charge in [0.25, 0.3) is 0 Å². The van der Waals surface area contributed by atoms with Crippen molar-refractivity contribution in [3.8, 4) is 17.2 Å². The molecule has 1 heterocycles. The SMILES string of the molecule is N#C[C@H]1CCCN1C(=O)CNC12CC3CC(C1)CC(NS(=O)(=O)c1ccc(-c4ccccc4)cc1)(C3)C2. The molecular formula is C29H34N4O3S. The van der Waals surface area contributed by atoms with Crippen LogP contribution in [0.25, 0.3) is 11.1 Å². The van der Waals surface area contributed by atoms with Gasteiger partial charge in [0.2, 0.25) is 15.9 Å². The van der Waals surface area contributed by atoms with E-state index in [1.54, 1.807) is 17.0 Å². The zero-order valence-corrected chi connectivity index (χ0v) is 21.8. The molecule has 2 N–H and O–H groups in total. The summed E-state index contributed by atoms with van der Waals surface area (Å²) in [6.45, 7) is 0.852. The van der Waals surface area contributed by atoms with Crippen LogP contribution in [0.15, 0.2) is 59.5 Å². The van der Waals surface area contributed by atoms with E-state index in [1.165, 1.54) is 0 Å². The minimum Gasteiger partial charge on any atom is -0.326 e. The van der Waals surface area contributed by atoms with Gasteiger partial charge in [-0.15, -0.1) is 0 Å². The summed E-state index contributed by atoms with van der Waals surface area (Å²) in [6.07, 6.45) is 7.11. The molecule has 3 atom stereocenters. The van der Waals surface area contributed by atoms with E-state index in [-0.39, 0.29) is 28.9 Å². The molecule has 1 aliphatic heterocycles. The second-order valence-corrected chi connectivity index (χ2v) is 13.4. The summed E-state index contributed by atoms with van der Waals surface area (Å²) in [7, 11) is -3.69. The fourth-order valence-corrected chi connectivity index (χ4v) is 9.38. The Labute approximate surface area is 219 Å². The third-order valence-electron chi connectivity index (χ3n) is 9.02. The van der Waals surface area contributed by atoms with E-state index in [0.29, 0.717) is 24.8 Å². The first-order valence-electron chi connectivity index (χ1n) is 13.4. The van der Waals surface area contributed by atoms with Crippen LogP contribution >= 0.6 is 0 Å². The Bertz CT molecular complexity index is 1310. The van der Waals surface area contributed by atoms with E-state index in [0.717, 1.165) is 56.1 Å². The molecule has 194 valence electrons. The van der Waals surface area contributed by atoms with Gasteiger partial charge < -0.3 is 10.2 Å². The number of nitrogens with zero attached hydrogens (tertiary/aromatic N) is 2. The van der Waals surface area contributed by atoms with Crippen molar-refractivity contribution in [1.82, 2.24) is 14.9 Å². The number of amides is 1. The monoisotopic (exact) mass is 518 g/mol. The van der Waals surface area contributed by atoms with Crippen molar-refractivity contribution in [2.75, 3.05) is 13.1 Å². The quantitative estimate of drug-likeness (QED) is 0.580. The molecule has 0 radical (unpaired) electrons. The molecule has 5 fully saturated rings. The number of hydrogen-bond donors (Lipinski definition) is 2. The lowest BCUT2D eigenvalue weighted by Gasteiger charge is -2.62. The summed E-state index contributed by atoms with van der Waals surface area (Å²) in [5.41, 5.74) is 1.32. The van der Waals surface area contributed by atoms with E-state index in [4.69, 9.17) is 0 Å². The largest absolute Gasteiger partial charge is 0.326 e. The number of likely N-dealkylation sites (tertiary alicyclic amines) is 1. The van der Waals surface area contributed by atoms with Crippen LogP contribution in [0.5, 0.6) is 0 Å². The Kier molecular flexibility index (Phi) is 6.14. The van der Waals surface area contributed by atoms with Crippen LogP contribution in [0.1, 0.15) is 51.4 Å². The first-order valence-corrected chi connectivity index (χ1v) is 14.9. The Morgan fingerprint density at radius 2 is 1.62 bits per heavy atom. The standard InChI is InChI=1S/C29H34N4O3S/c30-18-25-7-4-12-33(25)27(34)19-31-28-14-21-13-22(15-28)17-29(16-21,20-28)32-37(35,36)26-10-8-24(9-11-26)23-5-2-1-3-6-23/h1-3,5-6,8-11,21-22,25,31-32H,4,7,12-17,19-20H2/t21?,22?,25-,28?,29?/m1/s1. The lowest BCUT2D eigenvalue weighted by Crippen LogP contribution is -2.69. The summed E-state index contributed by atoms with van der Waals surface area (Å²) in [4.78, 5) is 14.9. The third-order valence-corrected chi connectivity index (χ3v) is 10.6. The predicted octanol–water partition coefficient (Wildman–Crippen LogP) is 3.83. The van der Waals surface area contributed by atoms with Crippen LogP contribution in [0, 0.1) is 23.2 Å². The second-order valence-electron chi connectivity index (χ2n) is 11.7. The molecular weight excluding hydrogens is 484 g/mol. The van der Waals surface area contributed by atoms with Crippen molar-refractivity contribution in [2.45, 2.75) is 73.4 Å². The van der Waals surface area contributed by atoms with Gasteiger partial charge in [-0.05, 0) is 86.5 Å². The summed E-state index contributed by atoms with van der Waals surface area (Å²) in [6, 6.07) is 19.0. The van der Waals surface area contributed by atoms with Crippen LogP contribution < -0.4 is 10.0 Å². The smallest absolute Gasteiger partial charge is 0.241 e. The zero-order chi connectivity index (χ0) is 25.7. The maximum atomic E-state index is 13.6. The average Bonchev–Trinajstić information content (AvgIpc) is 3.36. The van der Waals surface area contributed by atoms with Crippen molar-refractivity contribution in [1.29, 1.82) is 5.26 Å². The number of carbonyl (C=O) groups excluding carboxylic acids is 1. The highest BCUT2D eigenvalue weighted by molar-refractivity contribution is 7.89. The molecule has 0 spiro atoms. The third kappa shape index (κ3) is 4.69. The summed E-state index contributed by atoms with van der Waals surface area (Å²) in [5.74, 6) is 0.879. The molecule has 2 aromatic rings.